The van der Waals surface area contributed by atoms with E-state index in [0.29, 0.717) is 5.76 Å². The van der Waals surface area contributed by atoms with Crippen LogP contribution in [-0.2, 0) is 20.1 Å². The Kier molecular flexibility index (Phi) is 2.50. The fraction of sp³-hybridized carbons (Fsp3) is 0.500. The van der Waals surface area contributed by atoms with Crippen molar-refractivity contribution in [1.82, 2.24) is 0 Å². The maximum atomic E-state index is 10.5. The first-order valence-corrected chi connectivity index (χ1v) is 4.68. The highest BCUT2D eigenvalue weighted by Gasteiger charge is 2.41. The average Bonchev–Trinajstić information content (AvgIpc) is 2.74. The minimum atomic E-state index is -0.955. The monoisotopic (exact) mass is 212 g/mol. The minimum Gasteiger partial charge on any atom is -0.481 e. The first kappa shape index (κ1) is 10.2. The third-order valence-electron chi connectivity index (χ3n) is 2.31. The lowest BCUT2D eigenvalue weighted by Gasteiger charge is -2.20. The highest BCUT2D eigenvalue weighted by atomic mass is 16.8. The van der Waals surface area contributed by atoms with E-state index in [1.54, 1.807) is 19.1 Å². The number of furan rings is 1. The summed E-state index contributed by atoms with van der Waals surface area (Å²) in [4.78, 5) is 10.5. The van der Waals surface area contributed by atoms with Crippen LogP contribution < -0.4 is 0 Å². The van der Waals surface area contributed by atoms with Crippen LogP contribution in [0.3, 0.4) is 0 Å². The van der Waals surface area contributed by atoms with Gasteiger partial charge >= 0.3 is 5.97 Å². The van der Waals surface area contributed by atoms with E-state index in [9.17, 15) is 4.79 Å². The molecule has 0 aromatic carbocycles. The Labute approximate surface area is 86.6 Å². The second kappa shape index (κ2) is 3.67. The molecule has 0 amide bonds. The zero-order chi connectivity index (χ0) is 10.9. The SMILES string of the molecule is CC1(c2ccco2)OCC(CC(=O)O)O1. The molecule has 5 nitrogen and oxygen atoms in total. The molecular formula is C10H12O5. The molecule has 5 heteroatoms. The van der Waals surface area contributed by atoms with E-state index in [4.69, 9.17) is 19.0 Å². The van der Waals surface area contributed by atoms with Crippen molar-refractivity contribution in [2.75, 3.05) is 6.61 Å². The average molecular weight is 212 g/mol. The zero-order valence-electron chi connectivity index (χ0n) is 8.30. The highest BCUT2D eigenvalue weighted by Crippen LogP contribution is 2.34. The van der Waals surface area contributed by atoms with Gasteiger partial charge in [-0.2, -0.15) is 0 Å². The molecule has 0 radical (unpaired) electrons. The molecule has 1 N–H and O–H groups in total. The predicted octanol–water partition coefficient (Wildman–Crippen LogP) is 1.34. The molecule has 1 aliphatic heterocycles. The summed E-state index contributed by atoms with van der Waals surface area (Å²) in [5.74, 6) is -1.30. The van der Waals surface area contributed by atoms with Crippen LogP contribution in [0.4, 0.5) is 0 Å². The lowest BCUT2D eigenvalue weighted by molar-refractivity contribution is -0.176. The largest absolute Gasteiger partial charge is 0.481 e. The first-order valence-electron chi connectivity index (χ1n) is 4.68. The molecular weight excluding hydrogens is 200 g/mol. The summed E-state index contributed by atoms with van der Waals surface area (Å²) < 4.78 is 16.1. The fourth-order valence-corrected chi connectivity index (χ4v) is 1.60. The molecule has 1 aromatic rings. The summed E-state index contributed by atoms with van der Waals surface area (Å²) in [6.45, 7) is 1.98. The van der Waals surface area contributed by atoms with Crippen molar-refractivity contribution in [2.24, 2.45) is 0 Å². The van der Waals surface area contributed by atoms with Crippen LogP contribution >= 0.6 is 0 Å². The van der Waals surface area contributed by atoms with Gasteiger partial charge in [0.15, 0.2) is 5.76 Å². The van der Waals surface area contributed by atoms with Crippen molar-refractivity contribution in [2.45, 2.75) is 25.2 Å². The molecule has 0 aliphatic carbocycles. The third-order valence-corrected chi connectivity index (χ3v) is 2.31. The molecule has 2 rings (SSSR count). The molecule has 2 heterocycles. The maximum Gasteiger partial charge on any atom is 0.306 e. The normalized spacial score (nSPS) is 30.6. The molecule has 1 fully saturated rings. The van der Waals surface area contributed by atoms with Gasteiger partial charge in [-0.25, -0.2) is 0 Å². The Morgan fingerprint density at radius 3 is 3.13 bits per heavy atom. The third kappa shape index (κ3) is 2.03. The molecule has 1 aliphatic rings. The number of carbonyl (C=O) groups is 1. The second-order valence-corrected chi connectivity index (χ2v) is 3.57. The van der Waals surface area contributed by atoms with Gasteiger partial charge in [-0.05, 0) is 19.1 Å². The Hall–Kier alpha value is -1.33. The smallest absolute Gasteiger partial charge is 0.306 e. The van der Waals surface area contributed by atoms with Gasteiger partial charge in [0.2, 0.25) is 5.79 Å². The van der Waals surface area contributed by atoms with E-state index in [2.05, 4.69) is 0 Å². The number of carboxylic acid groups (broad SMARTS) is 1. The lowest BCUT2D eigenvalue weighted by atomic mass is 10.2. The molecule has 1 aromatic heterocycles. The minimum absolute atomic E-state index is 0.0592. The van der Waals surface area contributed by atoms with E-state index in [0.717, 1.165) is 0 Å². The van der Waals surface area contributed by atoms with Gasteiger partial charge in [0.25, 0.3) is 0 Å². The summed E-state index contributed by atoms with van der Waals surface area (Å²) in [5.41, 5.74) is 0. The number of ether oxygens (including phenoxy) is 2. The standard InChI is InChI=1S/C10H12O5/c1-10(8-3-2-4-13-8)14-6-7(15-10)5-9(11)12/h2-4,7H,5-6H2,1H3,(H,11,12). The summed E-state index contributed by atoms with van der Waals surface area (Å²) in [6.07, 6.45) is 1.05. The van der Waals surface area contributed by atoms with Gasteiger partial charge in [0, 0.05) is 0 Å². The Bertz CT molecular complexity index is 345. The molecule has 2 unspecified atom stereocenters. The van der Waals surface area contributed by atoms with Crippen molar-refractivity contribution in [3.8, 4) is 0 Å². The summed E-state index contributed by atoms with van der Waals surface area (Å²) in [5, 5.41) is 8.62. The topological polar surface area (TPSA) is 68.9 Å². The van der Waals surface area contributed by atoms with Gasteiger partial charge in [0.1, 0.15) is 0 Å². The van der Waals surface area contributed by atoms with Crippen LogP contribution in [0.25, 0.3) is 0 Å². The maximum absolute atomic E-state index is 10.5. The van der Waals surface area contributed by atoms with Gasteiger partial charge in [-0.1, -0.05) is 0 Å². The Balaban J connectivity index is 2.05. The zero-order valence-corrected chi connectivity index (χ0v) is 8.30. The van der Waals surface area contributed by atoms with Crippen molar-refractivity contribution in [3.63, 3.8) is 0 Å². The first-order chi connectivity index (χ1) is 7.10. The second-order valence-electron chi connectivity index (χ2n) is 3.57. The van der Waals surface area contributed by atoms with Crippen molar-refractivity contribution in [1.29, 1.82) is 0 Å². The van der Waals surface area contributed by atoms with Crippen LogP contribution in [0, 0.1) is 0 Å². The number of aliphatic carboxylic acids is 1. The van der Waals surface area contributed by atoms with Gasteiger partial charge in [-0.15, -0.1) is 0 Å². The van der Waals surface area contributed by atoms with E-state index in [-0.39, 0.29) is 13.0 Å². The van der Waals surface area contributed by atoms with Crippen LogP contribution in [0.2, 0.25) is 0 Å². The molecule has 0 bridgehead atoms. The number of hydrogen-bond donors (Lipinski definition) is 1. The Morgan fingerprint density at radius 1 is 1.73 bits per heavy atom. The Morgan fingerprint density at radius 2 is 2.53 bits per heavy atom. The number of hydrogen-bond acceptors (Lipinski definition) is 4. The van der Waals surface area contributed by atoms with Crippen LogP contribution in [0.15, 0.2) is 22.8 Å². The molecule has 15 heavy (non-hydrogen) atoms. The van der Waals surface area contributed by atoms with Crippen LogP contribution in [0.5, 0.6) is 0 Å². The van der Waals surface area contributed by atoms with Crippen LogP contribution in [-0.4, -0.2) is 23.8 Å². The lowest BCUT2D eigenvalue weighted by Crippen LogP contribution is -2.24. The molecule has 1 saturated heterocycles. The molecule has 2 atom stereocenters. The highest BCUT2D eigenvalue weighted by molar-refractivity contribution is 5.67. The van der Waals surface area contributed by atoms with Gasteiger partial charge in [0.05, 0.1) is 25.4 Å². The molecule has 82 valence electrons. The van der Waals surface area contributed by atoms with E-state index < -0.39 is 17.9 Å². The van der Waals surface area contributed by atoms with E-state index >= 15 is 0 Å². The van der Waals surface area contributed by atoms with Gasteiger partial charge in [-0.3, -0.25) is 4.79 Å². The number of carboxylic acids is 1. The van der Waals surface area contributed by atoms with Crippen molar-refractivity contribution >= 4 is 5.97 Å². The predicted molar refractivity (Wildman–Crippen MR) is 49.1 cm³/mol. The van der Waals surface area contributed by atoms with Crippen molar-refractivity contribution in [3.05, 3.63) is 24.2 Å². The molecule has 0 saturated carbocycles. The summed E-state index contributed by atoms with van der Waals surface area (Å²) in [6, 6.07) is 3.47. The van der Waals surface area contributed by atoms with Crippen LogP contribution in [0.1, 0.15) is 19.1 Å². The fourth-order valence-electron chi connectivity index (χ4n) is 1.60. The number of rotatable bonds is 3. The van der Waals surface area contributed by atoms with Gasteiger partial charge < -0.3 is 19.0 Å². The summed E-state index contributed by atoms with van der Waals surface area (Å²) >= 11 is 0. The van der Waals surface area contributed by atoms with E-state index in [1.165, 1.54) is 6.26 Å². The quantitative estimate of drug-likeness (QED) is 0.818. The van der Waals surface area contributed by atoms with E-state index in [1.807, 2.05) is 0 Å². The molecule has 0 spiro atoms. The van der Waals surface area contributed by atoms with Crippen molar-refractivity contribution < 1.29 is 23.8 Å². The summed E-state index contributed by atoms with van der Waals surface area (Å²) in [7, 11) is 0.